The molecule has 6 nitrogen and oxygen atoms in total. The number of ether oxygens (including phenoxy) is 2. The first-order valence-corrected chi connectivity index (χ1v) is 4.58. The molecule has 0 saturated carbocycles. The minimum atomic E-state index is -0.382. The topological polar surface area (TPSA) is 86.7 Å². The molecule has 3 N–H and O–H groups in total. The summed E-state index contributed by atoms with van der Waals surface area (Å²) < 4.78 is 15.5. The second-order valence-corrected chi connectivity index (χ2v) is 3.20. The molecule has 6 heteroatoms. The molecule has 0 aliphatic carbocycles. The van der Waals surface area contributed by atoms with Crippen molar-refractivity contribution in [2.45, 2.75) is 12.7 Å². The molecular formula is C9H12N2O4. The summed E-state index contributed by atoms with van der Waals surface area (Å²) >= 11 is 0. The quantitative estimate of drug-likeness (QED) is 0.410. The highest BCUT2D eigenvalue weighted by Crippen LogP contribution is 2.14. The van der Waals surface area contributed by atoms with E-state index in [0.717, 1.165) is 0 Å². The van der Waals surface area contributed by atoms with Gasteiger partial charge in [0, 0.05) is 0 Å². The van der Waals surface area contributed by atoms with Crippen LogP contribution in [0.3, 0.4) is 0 Å². The first kappa shape index (κ1) is 10.2. The van der Waals surface area contributed by atoms with Gasteiger partial charge in [0.2, 0.25) is 0 Å². The number of carbonyl (C=O) groups is 1. The standard InChI is InChI=1S/C9H12N2O4/c10-11-9(12)7-1-2-14-8(7)5-15-6-3-13-4-6/h1-2,6H,3-5,10H2,(H,11,12). The van der Waals surface area contributed by atoms with Crippen molar-refractivity contribution in [1.29, 1.82) is 0 Å². The SMILES string of the molecule is NNC(=O)c1ccoc1COC1COC1. The largest absolute Gasteiger partial charge is 0.466 e. The normalized spacial score (nSPS) is 16.1. The van der Waals surface area contributed by atoms with Gasteiger partial charge in [-0.2, -0.15) is 0 Å². The first-order chi connectivity index (χ1) is 7.31. The van der Waals surface area contributed by atoms with Crippen molar-refractivity contribution in [3.8, 4) is 0 Å². The number of nitrogen functional groups attached to an aromatic ring is 1. The van der Waals surface area contributed by atoms with E-state index in [1.165, 1.54) is 6.26 Å². The molecule has 1 amide bonds. The number of rotatable bonds is 4. The zero-order chi connectivity index (χ0) is 10.7. The Morgan fingerprint density at radius 2 is 2.47 bits per heavy atom. The molecular weight excluding hydrogens is 200 g/mol. The van der Waals surface area contributed by atoms with Crippen LogP contribution in [0.1, 0.15) is 16.1 Å². The van der Waals surface area contributed by atoms with E-state index in [1.54, 1.807) is 6.07 Å². The molecule has 0 unspecified atom stereocenters. The molecule has 1 aromatic heterocycles. The van der Waals surface area contributed by atoms with Crippen molar-refractivity contribution in [3.05, 3.63) is 23.7 Å². The number of amides is 1. The minimum Gasteiger partial charge on any atom is -0.466 e. The fraction of sp³-hybridized carbons (Fsp3) is 0.444. The van der Waals surface area contributed by atoms with Crippen LogP contribution >= 0.6 is 0 Å². The van der Waals surface area contributed by atoms with Gasteiger partial charge in [0.25, 0.3) is 5.91 Å². The lowest BCUT2D eigenvalue weighted by Gasteiger charge is -2.25. The zero-order valence-corrected chi connectivity index (χ0v) is 8.06. The Morgan fingerprint density at radius 1 is 1.67 bits per heavy atom. The number of hydrogen-bond acceptors (Lipinski definition) is 5. The van der Waals surface area contributed by atoms with E-state index in [9.17, 15) is 4.79 Å². The van der Waals surface area contributed by atoms with E-state index < -0.39 is 0 Å². The Balaban J connectivity index is 1.94. The summed E-state index contributed by atoms with van der Waals surface area (Å²) in [5.74, 6) is 5.12. The summed E-state index contributed by atoms with van der Waals surface area (Å²) in [7, 11) is 0. The number of hydrogen-bond donors (Lipinski definition) is 2. The third-order valence-corrected chi connectivity index (χ3v) is 2.18. The molecule has 1 aliphatic rings. The maximum absolute atomic E-state index is 11.2. The van der Waals surface area contributed by atoms with Gasteiger partial charge in [0.1, 0.15) is 18.5 Å². The van der Waals surface area contributed by atoms with Crippen molar-refractivity contribution >= 4 is 5.91 Å². The Bertz CT molecular complexity index is 346. The molecule has 15 heavy (non-hydrogen) atoms. The van der Waals surface area contributed by atoms with Crippen LogP contribution in [0.5, 0.6) is 0 Å². The van der Waals surface area contributed by atoms with Gasteiger partial charge in [-0.15, -0.1) is 0 Å². The monoisotopic (exact) mass is 212 g/mol. The van der Waals surface area contributed by atoms with Crippen LogP contribution in [-0.2, 0) is 16.1 Å². The third-order valence-electron chi connectivity index (χ3n) is 2.18. The van der Waals surface area contributed by atoms with Gasteiger partial charge in [0.15, 0.2) is 0 Å². The lowest BCUT2D eigenvalue weighted by Crippen LogP contribution is -2.36. The number of nitrogens with two attached hydrogens (primary N) is 1. The van der Waals surface area contributed by atoms with E-state index in [-0.39, 0.29) is 18.6 Å². The van der Waals surface area contributed by atoms with E-state index in [0.29, 0.717) is 24.5 Å². The van der Waals surface area contributed by atoms with Crippen LogP contribution in [0.25, 0.3) is 0 Å². The Kier molecular flexibility index (Phi) is 3.00. The second-order valence-electron chi connectivity index (χ2n) is 3.20. The van der Waals surface area contributed by atoms with Crippen LogP contribution in [0.15, 0.2) is 16.7 Å². The Morgan fingerprint density at radius 3 is 3.07 bits per heavy atom. The molecule has 1 fully saturated rings. The maximum atomic E-state index is 11.2. The molecule has 0 aromatic carbocycles. The van der Waals surface area contributed by atoms with Crippen molar-refractivity contribution in [3.63, 3.8) is 0 Å². The molecule has 1 aliphatic heterocycles. The molecule has 82 valence electrons. The van der Waals surface area contributed by atoms with Gasteiger partial charge >= 0.3 is 0 Å². The molecule has 0 atom stereocenters. The average molecular weight is 212 g/mol. The van der Waals surface area contributed by atoms with Crippen molar-refractivity contribution in [1.82, 2.24) is 5.43 Å². The summed E-state index contributed by atoms with van der Waals surface area (Å²) in [5, 5.41) is 0. The van der Waals surface area contributed by atoms with Crippen LogP contribution in [-0.4, -0.2) is 25.2 Å². The van der Waals surface area contributed by atoms with Crippen molar-refractivity contribution in [2.24, 2.45) is 5.84 Å². The highest BCUT2D eigenvalue weighted by molar-refractivity contribution is 5.94. The van der Waals surface area contributed by atoms with Gasteiger partial charge in [-0.1, -0.05) is 0 Å². The van der Waals surface area contributed by atoms with Crippen molar-refractivity contribution < 1.29 is 18.7 Å². The van der Waals surface area contributed by atoms with Crippen molar-refractivity contribution in [2.75, 3.05) is 13.2 Å². The summed E-state index contributed by atoms with van der Waals surface area (Å²) in [6.07, 6.45) is 1.53. The Labute approximate surface area is 86.3 Å². The third kappa shape index (κ3) is 2.17. The predicted octanol–water partition coefficient (Wildman–Crippen LogP) is -0.202. The van der Waals surface area contributed by atoms with E-state index in [4.69, 9.17) is 19.7 Å². The smallest absolute Gasteiger partial charge is 0.268 e. The summed E-state index contributed by atoms with van der Waals surface area (Å²) in [6.45, 7) is 1.45. The second kappa shape index (κ2) is 4.43. The molecule has 2 heterocycles. The molecule has 2 rings (SSSR count). The van der Waals surface area contributed by atoms with Gasteiger partial charge < -0.3 is 13.9 Å². The maximum Gasteiger partial charge on any atom is 0.268 e. The highest BCUT2D eigenvalue weighted by Gasteiger charge is 2.21. The summed E-state index contributed by atoms with van der Waals surface area (Å²) in [5.41, 5.74) is 2.44. The minimum absolute atomic E-state index is 0.101. The van der Waals surface area contributed by atoms with Gasteiger partial charge in [-0.05, 0) is 6.07 Å². The number of hydrazine groups is 1. The highest BCUT2D eigenvalue weighted by atomic mass is 16.6. The first-order valence-electron chi connectivity index (χ1n) is 4.58. The summed E-state index contributed by atoms with van der Waals surface area (Å²) in [4.78, 5) is 11.2. The van der Waals surface area contributed by atoms with E-state index in [1.807, 2.05) is 5.43 Å². The van der Waals surface area contributed by atoms with E-state index in [2.05, 4.69) is 0 Å². The fourth-order valence-electron chi connectivity index (χ4n) is 1.24. The van der Waals surface area contributed by atoms with Crippen LogP contribution in [0.2, 0.25) is 0 Å². The number of furan rings is 1. The summed E-state index contributed by atoms with van der Waals surface area (Å²) in [6, 6.07) is 1.55. The fourth-order valence-corrected chi connectivity index (χ4v) is 1.24. The predicted molar refractivity (Wildman–Crippen MR) is 49.8 cm³/mol. The van der Waals surface area contributed by atoms with Gasteiger partial charge in [0.05, 0.1) is 25.0 Å². The van der Waals surface area contributed by atoms with E-state index >= 15 is 0 Å². The van der Waals surface area contributed by atoms with Crippen LogP contribution in [0.4, 0.5) is 0 Å². The molecule has 1 saturated heterocycles. The number of carbonyl (C=O) groups excluding carboxylic acids is 1. The lowest BCUT2D eigenvalue weighted by atomic mass is 10.2. The molecule has 1 aromatic rings. The average Bonchev–Trinajstić information content (AvgIpc) is 2.62. The van der Waals surface area contributed by atoms with Gasteiger partial charge in [-0.25, -0.2) is 5.84 Å². The molecule has 0 radical (unpaired) electrons. The Hall–Kier alpha value is -1.37. The van der Waals surface area contributed by atoms with Crippen LogP contribution in [0, 0.1) is 0 Å². The van der Waals surface area contributed by atoms with Crippen LogP contribution < -0.4 is 11.3 Å². The molecule has 0 bridgehead atoms. The lowest BCUT2D eigenvalue weighted by molar-refractivity contribution is -0.137. The van der Waals surface area contributed by atoms with Gasteiger partial charge in [-0.3, -0.25) is 10.2 Å². The zero-order valence-electron chi connectivity index (χ0n) is 8.06. The molecule has 0 spiro atoms. The number of nitrogens with one attached hydrogen (secondary N) is 1.